The fraction of sp³-hybridized carbons (Fsp3) is 0.714. The Bertz CT molecular complexity index is 196. The van der Waals surface area contributed by atoms with Gasteiger partial charge in [0.15, 0.2) is 0 Å². The molecule has 0 aromatic rings. The van der Waals surface area contributed by atoms with E-state index in [9.17, 15) is 0 Å². The van der Waals surface area contributed by atoms with E-state index >= 15 is 0 Å². The van der Waals surface area contributed by atoms with Crippen molar-refractivity contribution < 1.29 is 5.11 Å². The third-order valence-electron chi connectivity index (χ3n) is 1.87. The van der Waals surface area contributed by atoms with Crippen LogP contribution in [0.1, 0.15) is 6.42 Å². The minimum Gasteiger partial charge on any atom is -0.396 e. The van der Waals surface area contributed by atoms with Gasteiger partial charge in [-0.1, -0.05) is 17.3 Å². The molecule has 1 aliphatic carbocycles. The van der Waals surface area contributed by atoms with Gasteiger partial charge in [0.1, 0.15) is 0 Å². The Morgan fingerprint density at radius 2 is 2.27 bits per heavy atom. The molecule has 0 aromatic heterocycles. The highest BCUT2D eigenvalue weighted by Crippen LogP contribution is 2.22. The van der Waals surface area contributed by atoms with Gasteiger partial charge in [-0.15, -0.1) is 0 Å². The average Bonchev–Trinajstić information content (AvgIpc) is 2.48. The van der Waals surface area contributed by atoms with E-state index in [2.05, 4.69) is 10.0 Å². The molecule has 0 spiro atoms. The zero-order valence-corrected chi connectivity index (χ0v) is 6.22. The average molecular weight is 153 g/mol. The van der Waals surface area contributed by atoms with Crippen molar-refractivity contribution >= 4 is 0 Å². The predicted octanol–water partition coefficient (Wildman–Crippen LogP) is 1.48. The minimum atomic E-state index is 0.198. The molecule has 0 aliphatic heterocycles. The number of hydrogen-bond donors (Lipinski definition) is 1. The van der Waals surface area contributed by atoms with Gasteiger partial charge in [-0.25, -0.2) is 0 Å². The maximum Gasteiger partial charge on any atom is 0.0494 e. The van der Waals surface area contributed by atoms with E-state index in [4.69, 9.17) is 10.6 Å². The summed E-state index contributed by atoms with van der Waals surface area (Å²) < 4.78 is 0. The Kier molecular flexibility index (Phi) is 2.95. The summed E-state index contributed by atoms with van der Waals surface area (Å²) in [6.45, 7) is 0.715. The first-order chi connectivity index (χ1) is 5.36. The van der Waals surface area contributed by atoms with Gasteiger partial charge < -0.3 is 5.11 Å². The lowest BCUT2D eigenvalue weighted by Crippen LogP contribution is -2.04. The standard InChI is InChI=1S/C7H11N3O/c8-10-9-4-6-1-2-7(3-6)5-11/h1-2,6-7,11H,3-5H2/t6-,7+/m1/s1. The number of aliphatic hydroxyl groups excluding tert-OH is 1. The van der Waals surface area contributed by atoms with Gasteiger partial charge in [-0.2, -0.15) is 0 Å². The lowest BCUT2D eigenvalue weighted by Gasteiger charge is -2.05. The fourth-order valence-corrected chi connectivity index (χ4v) is 1.27. The second-order valence-corrected chi connectivity index (χ2v) is 2.74. The third kappa shape index (κ3) is 2.26. The molecule has 1 rings (SSSR count). The lowest BCUT2D eigenvalue weighted by atomic mass is 10.0. The molecule has 0 aromatic carbocycles. The van der Waals surface area contributed by atoms with Crippen LogP contribution in [0.3, 0.4) is 0 Å². The minimum absolute atomic E-state index is 0.198. The lowest BCUT2D eigenvalue weighted by molar-refractivity contribution is 0.245. The van der Waals surface area contributed by atoms with E-state index in [0.29, 0.717) is 12.5 Å². The molecule has 0 saturated carbocycles. The number of aliphatic hydroxyl groups is 1. The van der Waals surface area contributed by atoms with E-state index in [1.54, 1.807) is 0 Å². The zero-order valence-electron chi connectivity index (χ0n) is 6.22. The fourth-order valence-electron chi connectivity index (χ4n) is 1.27. The van der Waals surface area contributed by atoms with Crippen LogP contribution >= 0.6 is 0 Å². The van der Waals surface area contributed by atoms with Crippen molar-refractivity contribution in [3.63, 3.8) is 0 Å². The molecule has 1 N–H and O–H groups in total. The highest BCUT2D eigenvalue weighted by molar-refractivity contribution is 5.02. The molecule has 0 unspecified atom stereocenters. The maximum absolute atomic E-state index is 8.75. The topological polar surface area (TPSA) is 69.0 Å². The Morgan fingerprint density at radius 3 is 2.82 bits per heavy atom. The molecule has 11 heavy (non-hydrogen) atoms. The van der Waals surface area contributed by atoms with E-state index in [1.807, 2.05) is 12.2 Å². The maximum atomic E-state index is 8.75. The molecule has 0 radical (unpaired) electrons. The molecule has 60 valence electrons. The quantitative estimate of drug-likeness (QED) is 0.283. The number of hydrogen-bond acceptors (Lipinski definition) is 2. The smallest absolute Gasteiger partial charge is 0.0494 e. The summed E-state index contributed by atoms with van der Waals surface area (Å²) in [5.41, 5.74) is 8.03. The highest BCUT2D eigenvalue weighted by Gasteiger charge is 2.16. The van der Waals surface area contributed by atoms with Gasteiger partial charge in [0.2, 0.25) is 0 Å². The largest absolute Gasteiger partial charge is 0.396 e. The number of azide groups is 1. The Morgan fingerprint density at radius 1 is 1.55 bits per heavy atom. The summed E-state index contributed by atoms with van der Waals surface area (Å²) in [5.74, 6) is 0.608. The van der Waals surface area contributed by atoms with E-state index in [0.717, 1.165) is 6.42 Å². The monoisotopic (exact) mass is 153 g/mol. The first kappa shape index (κ1) is 8.11. The van der Waals surface area contributed by atoms with Gasteiger partial charge in [-0.3, -0.25) is 0 Å². The van der Waals surface area contributed by atoms with Crippen LogP contribution in [0.4, 0.5) is 0 Å². The highest BCUT2D eigenvalue weighted by atomic mass is 16.3. The normalized spacial score (nSPS) is 28.5. The molecule has 2 atom stereocenters. The Balaban J connectivity index is 2.31. The van der Waals surface area contributed by atoms with Crippen LogP contribution in [0.5, 0.6) is 0 Å². The van der Waals surface area contributed by atoms with Gasteiger partial charge in [0.25, 0.3) is 0 Å². The van der Waals surface area contributed by atoms with Crippen LogP contribution in [0.2, 0.25) is 0 Å². The van der Waals surface area contributed by atoms with E-state index < -0.39 is 0 Å². The molecule has 4 nitrogen and oxygen atoms in total. The predicted molar refractivity (Wildman–Crippen MR) is 41.8 cm³/mol. The van der Waals surface area contributed by atoms with Gasteiger partial charge >= 0.3 is 0 Å². The molecule has 0 heterocycles. The SMILES string of the molecule is [N-]=[N+]=NC[C@@H]1C=C[C@H](CO)C1. The van der Waals surface area contributed by atoms with Crippen molar-refractivity contribution in [1.82, 2.24) is 0 Å². The summed E-state index contributed by atoms with van der Waals surface area (Å²) in [6, 6.07) is 0. The van der Waals surface area contributed by atoms with E-state index in [-0.39, 0.29) is 12.5 Å². The summed E-state index contributed by atoms with van der Waals surface area (Å²) in [6.07, 6.45) is 4.91. The van der Waals surface area contributed by atoms with Crippen LogP contribution in [0, 0.1) is 11.8 Å². The summed E-state index contributed by atoms with van der Waals surface area (Å²) in [5, 5.41) is 12.2. The van der Waals surface area contributed by atoms with Crippen molar-refractivity contribution in [2.75, 3.05) is 13.2 Å². The van der Waals surface area contributed by atoms with Gasteiger partial charge in [0, 0.05) is 24.0 Å². The summed E-state index contributed by atoms with van der Waals surface area (Å²) >= 11 is 0. The first-order valence-electron chi connectivity index (χ1n) is 3.67. The molecule has 1 aliphatic rings. The first-order valence-corrected chi connectivity index (χ1v) is 3.67. The molecule has 4 heteroatoms. The molecular formula is C7H11N3O. The number of rotatable bonds is 3. The Labute approximate surface area is 65.2 Å². The van der Waals surface area contributed by atoms with Crippen molar-refractivity contribution in [2.24, 2.45) is 17.0 Å². The van der Waals surface area contributed by atoms with Crippen LogP contribution < -0.4 is 0 Å². The zero-order chi connectivity index (χ0) is 8.10. The van der Waals surface area contributed by atoms with Crippen molar-refractivity contribution in [3.05, 3.63) is 22.6 Å². The van der Waals surface area contributed by atoms with Crippen LogP contribution in [-0.4, -0.2) is 18.3 Å². The molecule has 0 saturated heterocycles. The van der Waals surface area contributed by atoms with Crippen molar-refractivity contribution in [3.8, 4) is 0 Å². The van der Waals surface area contributed by atoms with Crippen molar-refractivity contribution in [1.29, 1.82) is 0 Å². The second-order valence-electron chi connectivity index (χ2n) is 2.74. The van der Waals surface area contributed by atoms with Crippen molar-refractivity contribution in [2.45, 2.75) is 6.42 Å². The number of nitrogens with zero attached hydrogens (tertiary/aromatic N) is 3. The molecule has 0 amide bonds. The van der Waals surface area contributed by atoms with Gasteiger partial charge in [0.05, 0.1) is 0 Å². The van der Waals surface area contributed by atoms with E-state index in [1.165, 1.54) is 0 Å². The summed E-state index contributed by atoms with van der Waals surface area (Å²) in [7, 11) is 0. The molecule has 0 bridgehead atoms. The van der Waals surface area contributed by atoms with Crippen LogP contribution in [-0.2, 0) is 0 Å². The Hall–Kier alpha value is -0.990. The van der Waals surface area contributed by atoms with Gasteiger partial charge in [-0.05, 0) is 17.9 Å². The second kappa shape index (κ2) is 4.01. The van der Waals surface area contributed by atoms with Crippen LogP contribution in [0.15, 0.2) is 17.3 Å². The molecule has 0 fully saturated rings. The van der Waals surface area contributed by atoms with Crippen LogP contribution in [0.25, 0.3) is 10.4 Å². The third-order valence-corrected chi connectivity index (χ3v) is 1.87. The molecular weight excluding hydrogens is 142 g/mol. The summed E-state index contributed by atoms with van der Waals surface area (Å²) in [4.78, 5) is 2.68.